The maximum Gasteiger partial charge on any atom is 0.335 e. The SMILES string of the molecule is C=CCc1cc(/C=C2\C(=O)NC(=O)N(c3ccccc3)C2=O)cc(OC)c1OCc1ccc([N+](=O)[O-])cc1. The Balaban J connectivity index is 1.66. The minimum absolute atomic E-state index is 0.0232. The standard InChI is InChI=1S/C28H23N3O7/c1-3-7-20-14-19(15-23-26(32)29-28(34)30(27(23)33)21-8-5-4-6-9-21)16-24(37-2)25(20)38-17-18-10-12-22(13-11-18)31(35)36/h3-6,8-16H,1,7,17H2,2H3,(H,29,32,34)/b23-15+. The fraction of sp³-hybridized carbons (Fsp3) is 0.107. The smallest absolute Gasteiger partial charge is 0.335 e. The van der Waals surface area contributed by atoms with E-state index in [9.17, 15) is 24.5 Å². The highest BCUT2D eigenvalue weighted by atomic mass is 16.6. The molecule has 1 saturated heterocycles. The Labute approximate surface area is 217 Å². The van der Waals surface area contributed by atoms with Crippen LogP contribution in [0, 0.1) is 10.1 Å². The lowest BCUT2D eigenvalue weighted by Crippen LogP contribution is -2.54. The molecule has 4 rings (SSSR count). The van der Waals surface area contributed by atoms with Crippen molar-refractivity contribution in [3.8, 4) is 11.5 Å². The fourth-order valence-corrected chi connectivity index (χ4v) is 3.89. The van der Waals surface area contributed by atoms with Crippen molar-refractivity contribution in [1.82, 2.24) is 5.32 Å². The molecule has 0 spiro atoms. The number of amides is 4. The lowest BCUT2D eigenvalue weighted by molar-refractivity contribution is -0.384. The van der Waals surface area contributed by atoms with E-state index in [4.69, 9.17) is 9.47 Å². The minimum atomic E-state index is -0.830. The zero-order valence-corrected chi connectivity index (χ0v) is 20.4. The van der Waals surface area contributed by atoms with E-state index in [1.165, 1.54) is 25.3 Å². The first-order chi connectivity index (χ1) is 18.3. The van der Waals surface area contributed by atoms with Gasteiger partial charge in [0.15, 0.2) is 11.5 Å². The summed E-state index contributed by atoms with van der Waals surface area (Å²) in [5.41, 5.74) is 1.94. The van der Waals surface area contributed by atoms with Crippen LogP contribution in [0.4, 0.5) is 16.2 Å². The normalized spacial score (nSPS) is 14.3. The maximum atomic E-state index is 13.2. The first-order valence-electron chi connectivity index (χ1n) is 11.5. The molecule has 3 aromatic carbocycles. The molecule has 0 bridgehead atoms. The Bertz CT molecular complexity index is 1450. The number of carbonyl (C=O) groups is 3. The summed E-state index contributed by atoms with van der Waals surface area (Å²) in [7, 11) is 1.46. The van der Waals surface area contributed by atoms with Gasteiger partial charge in [0.25, 0.3) is 17.5 Å². The van der Waals surface area contributed by atoms with Crippen LogP contribution in [0.1, 0.15) is 16.7 Å². The van der Waals surface area contributed by atoms with Crippen LogP contribution < -0.4 is 19.7 Å². The molecule has 1 heterocycles. The van der Waals surface area contributed by atoms with E-state index in [-0.39, 0.29) is 17.9 Å². The molecule has 192 valence electrons. The zero-order chi connectivity index (χ0) is 27.2. The molecular weight excluding hydrogens is 490 g/mol. The van der Waals surface area contributed by atoms with Crippen molar-refractivity contribution >= 4 is 35.3 Å². The second-order valence-corrected chi connectivity index (χ2v) is 8.21. The van der Waals surface area contributed by atoms with Crippen LogP contribution in [0.3, 0.4) is 0 Å². The number of rotatable bonds is 9. The van der Waals surface area contributed by atoms with E-state index in [2.05, 4.69) is 11.9 Å². The van der Waals surface area contributed by atoms with Crippen molar-refractivity contribution < 1.29 is 28.8 Å². The molecule has 1 fully saturated rings. The van der Waals surface area contributed by atoms with E-state index >= 15 is 0 Å². The third-order valence-corrected chi connectivity index (χ3v) is 5.70. The Kier molecular flexibility index (Phi) is 7.62. The van der Waals surface area contributed by atoms with Gasteiger partial charge in [0, 0.05) is 17.7 Å². The quantitative estimate of drug-likeness (QED) is 0.146. The number of allylic oxidation sites excluding steroid dienone is 1. The first kappa shape index (κ1) is 25.8. The van der Waals surface area contributed by atoms with E-state index in [0.717, 1.165) is 4.90 Å². The van der Waals surface area contributed by atoms with Crippen molar-refractivity contribution in [3.05, 3.63) is 112 Å². The summed E-state index contributed by atoms with van der Waals surface area (Å²) in [5, 5.41) is 13.1. The van der Waals surface area contributed by atoms with Gasteiger partial charge in [-0.3, -0.25) is 25.0 Å². The van der Waals surface area contributed by atoms with Crippen molar-refractivity contribution in [2.75, 3.05) is 12.0 Å². The molecule has 0 saturated carbocycles. The second-order valence-electron chi connectivity index (χ2n) is 8.21. The van der Waals surface area contributed by atoms with Gasteiger partial charge in [-0.15, -0.1) is 6.58 Å². The van der Waals surface area contributed by atoms with Crippen LogP contribution >= 0.6 is 0 Å². The summed E-state index contributed by atoms with van der Waals surface area (Å²) in [5.74, 6) is -0.797. The molecule has 38 heavy (non-hydrogen) atoms. The molecule has 4 amide bonds. The highest BCUT2D eigenvalue weighted by Crippen LogP contribution is 2.35. The summed E-state index contributed by atoms with van der Waals surface area (Å²) in [4.78, 5) is 49.5. The first-order valence-corrected chi connectivity index (χ1v) is 11.5. The van der Waals surface area contributed by atoms with Crippen molar-refractivity contribution in [2.45, 2.75) is 13.0 Å². The number of anilines is 1. The highest BCUT2D eigenvalue weighted by molar-refractivity contribution is 6.39. The monoisotopic (exact) mass is 513 g/mol. The molecule has 0 radical (unpaired) electrons. The molecule has 1 N–H and O–H groups in total. The fourth-order valence-electron chi connectivity index (χ4n) is 3.89. The number of nitro benzene ring substituents is 1. The number of nitro groups is 1. The van der Waals surface area contributed by atoms with E-state index < -0.39 is 22.8 Å². The Morgan fingerprint density at radius 1 is 1.05 bits per heavy atom. The van der Waals surface area contributed by atoms with Crippen LogP contribution in [0.5, 0.6) is 11.5 Å². The highest BCUT2D eigenvalue weighted by Gasteiger charge is 2.36. The number of imide groups is 2. The third kappa shape index (κ3) is 5.44. The number of hydrogen-bond acceptors (Lipinski definition) is 7. The summed E-state index contributed by atoms with van der Waals surface area (Å²) in [6.07, 6.45) is 3.44. The van der Waals surface area contributed by atoms with Gasteiger partial charge in [-0.05, 0) is 60.0 Å². The minimum Gasteiger partial charge on any atom is -0.493 e. The van der Waals surface area contributed by atoms with E-state index in [0.29, 0.717) is 40.3 Å². The predicted octanol–water partition coefficient (Wildman–Crippen LogP) is 4.58. The van der Waals surface area contributed by atoms with Gasteiger partial charge in [0.1, 0.15) is 12.2 Å². The summed E-state index contributed by atoms with van der Waals surface area (Å²) >= 11 is 0. The van der Waals surface area contributed by atoms with Crippen molar-refractivity contribution in [1.29, 1.82) is 0 Å². The topological polar surface area (TPSA) is 128 Å². The molecule has 0 unspecified atom stereocenters. The summed E-state index contributed by atoms with van der Waals surface area (Å²) in [6, 6.07) is 16.8. The molecular formula is C28H23N3O7. The Morgan fingerprint density at radius 2 is 1.76 bits per heavy atom. The van der Waals surface area contributed by atoms with Crippen molar-refractivity contribution in [2.24, 2.45) is 0 Å². The van der Waals surface area contributed by atoms with Crippen LogP contribution in [-0.4, -0.2) is 29.9 Å². The van der Waals surface area contributed by atoms with Crippen molar-refractivity contribution in [3.63, 3.8) is 0 Å². The number of benzene rings is 3. The number of nitrogens with one attached hydrogen (secondary N) is 1. The molecule has 1 aliphatic rings. The number of ether oxygens (including phenoxy) is 2. The van der Waals surface area contributed by atoms with Gasteiger partial charge >= 0.3 is 6.03 Å². The van der Waals surface area contributed by atoms with Crippen LogP contribution in [-0.2, 0) is 22.6 Å². The maximum absolute atomic E-state index is 13.2. The summed E-state index contributed by atoms with van der Waals surface area (Å²) in [6.45, 7) is 3.90. The number of carbonyl (C=O) groups excluding carboxylic acids is 3. The van der Waals surface area contributed by atoms with Gasteiger partial charge < -0.3 is 9.47 Å². The van der Waals surface area contributed by atoms with E-state index in [1.807, 2.05) is 0 Å². The van der Waals surface area contributed by atoms with Gasteiger partial charge in [-0.1, -0.05) is 24.3 Å². The van der Waals surface area contributed by atoms with Gasteiger partial charge in [-0.2, -0.15) is 0 Å². The molecule has 10 nitrogen and oxygen atoms in total. The molecule has 0 aromatic heterocycles. The lowest BCUT2D eigenvalue weighted by atomic mass is 10.0. The molecule has 1 aliphatic heterocycles. The lowest BCUT2D eigenvalue weighted by Gasteiger charge is -2.26. The number of methoxy groups -OCH3 is 1. The largest absolute Gasteiger partial charge is 0.493 e. The number of para-hydroxylation sites is 1. The van der Waals surface area contributed by atoms with Gasteiger partial charge in [0.2, 0.25) is 0 Å². The zero-order valence-electron chi connectivity index (χ0n) is 20.4. The van der Waals surface area contributed by atoms with Crippen LogP contribution in [0.2, 0.25) is 0 Å². The Morgan fingerprint density at radius 3 is 2.39 bits per heavy atom. The average Bonchev–Trinajstić information content (AvgIpc) is 2.91. The molecule has 3 aromatic rings. The molecule has 0 atom stereocenters. The van der Waals surface area contributed by atoms with Gasteiger partial charge in [-0.25, -0.2) is 9.69 Å². The number of nitrogens with zero attached hydrogens (tertiary/aromatic N) is 2. The van der Waals surface area contributed by atoms with Crippen LogP contribution in [0.25, 0.3) is 6.08 Å². The number of urea groups is 1. The molecule has 0 aliphatic carbocycles. The second kappa shape index (κ2) is 11.2. The Hall–Kier alpha value is -5.25. The van der Waals surface area contributed by atoms with Crippen LogP contribution in [0.15, 0.2) is 85.0 Å². The van der Waals surface area contributed by atoms with E-state index in [1.54, 1.807) is 60.7 Å². The predicted molar refractivity (Wildman–Crippen MR) is 140 cm³/mol. The van der Waals surface area contributed by atoms with Gasteiger partial charge in [0.05, 0.1) is 17.7 Å². The third-order valence-electron chi connectivity index (χ3n) is 5.70. The number of hydrogen-bond donors (Lipinski definition) is 1. The summed E-state index contributed by atoms with van der Waals surface area (Å²) < 4.78 is 11.5. The molecule has 10 heteroatoms. The number of barbiturate groups is 1. The average molecular weight is 514 g/mol. The number of non-ortho nitro benzene ring substituents is 1.